The van der Waals surface area contributed by atoms with Gasteiger partial charge in [0.2, 0.25) is 0 Å². The van der Waals surface area contributed by atoms with Gasteiger partial charge in [-0.3, -0.25) is 14.7 Å². The minimum Gasteiger partial charge on any atom is -0.439 e. The van der Waals surface area contributed by atoms with Crippen molar-refractivity contribution in [1.29, 1.82) is 0 Å². The number of aromatic nitrogens is 2. The fourth-order valence-electron chi connectivity index (χ4n) is 2.87. The van der Waals surface area contributed by atoms with Gasteiger partial charge in [-0.1, -0.05) is 0 Å². The Labute approximate surface area is 141 Å². The second-order valence-electron chi connectivity index (χ2n) is 5.86. The highest BCUT2D eigenvalue weighted by atomic mass is 19.1. The molecule has 8 nitrogen and oxygen atoms in total. The average molecular weight is 344 g/mol. The van der Waals surface area contributed by atoms with Crippen LogP contribution in [-0.2, 0) is 9.53 Å². The number of hydrogen-bond acceptors (Lipinski definition) is 5. The van der Waals surface area contributed by atoms with Crippen LogP contribution in [0.15, 0.2) is 30.3 Å². The van der Waals surface area contributed by atoms with Crippen molar-refractivity contribution in [1.82, 2.24) is 20.0 Å². The molecule has 0 bridgehead atoms. The van der Waals surface area contributed by atoms with Gasteiger partial charge in [0.15, 0.2) is 6.61 Å². The number of hydrogen-bond donors (Lipinski definition) is 1. The Hall–Kier alpha value is -3.23. The Kier molecular flexibility index (Phi) is 3.48. The maximum atomic E-state index is 13.0. The van der Waals surface area contributed by atoms with E-state index in [1.54, 1.807) is 18.2 Å². The van der Waals surface area contributed by atoms with Gasteiger partial charge in [-0.05, 0) is 30.3 Å². The van der Waals surface area contributed by atoms with Gasteiger partial charge in [0, 0.05) is 18.7 Å². The summed E-state index contributed by atoms with van der Waals surface area (Å²) in [5.74, 6) is -1.02. The summed E-state index contributed by atoms with van der Waals surface area (Å²) in [6.45, 7) is 0.264. The fraction of sp³-hybridized carbons (Fsp3) is 0.250. The van der Waals surface area contributed by atoms with E-state index in [-0.39, 0.29) is 49.1 Å². The Morgan fingerprint density at radius 3 is 2.60 bits per heavy atom. The number of cyclic esters (lactones) is 1. The molecule has 9 heteroatoms. The number of nitrogens with one attached hydrogen (secondary N) is 1. The predicted octanol–water partition coefficient (Wildman–Crippen LogP) is 1.02. The number of ether oxygens (including phenoxy) is 1. The second-order valence-corrected chi connectivity index (χ2v) is 5.86. The summed E-state index contributed by atoms with van der Waals surface area (Å²) < 4.78 is 17.6. The molecule has 2 aliphatic heterocycles. The van der Waals surface area contributed by atoms with Crippen LogP contribution in [-0.4, -0.2) is 63.6 Å². The molecular weight excluding hydrogens is 331 g/mol. The van der Waals surface area contributed by atoms with Crippen molar-refractivity contribution in [3.05, 3.63) is 41.8 Å². The van der Waals surface area contributed by atoms with E-state index >= 15 is 0 Å². The van der Waals surface area contributed by atoms with Gasteiger partial charge in [-0.15, -0.1) is 0 Å². The predicted molar refractivity (Wildman–Crippen MR) is 81.9 cm³/mol. The Morgan fingerprint density at radius 2 is 1.96 bits per heavy atom. The molecule has 0 unspecified atom stereocenters. The quantitative estimate of drug-likeness (QED) is 0.897. The molecule has 2 fully saturated rings. The minimum absolute atomic E-state index is 0.245. The standard InChI is InChI=1S/C16H13FN4O4/c17-10-3-1-9(2-4-10)12-5-13(19-18-12)15(23)20-6-11(7-20)21-14(22)8-25-16(21)24/h1-5,11H,6-8H2,(H,18,19). The molecule has 0 atom stereocenters. The van der Waals surface area contributed by atoms with Gasteiger partial charge in [0.1, 0.15) is 11.5 Å². The first-order chi connectivity index (χ1) is 12.0. The topological polar surface area (TPSA) is 95.6 Å². The van der Waals surface area contributed by atoms with Crippen LogP contribution >= 0.6 is 0 Å². The number of aromatic amines is 1. The monoisotopic (exact) mass is 344 g/mol. The van der Waals surface area contributed by atoms with Crippen LogP contribution < -0.4 is 0 Å². The molecule has 128 valence electrons. The highest BCUT2D eigenvalue weighted by Crippen LogP contribution is 2.23. The van der Waals surface area contributed by atoms with E-state index in [1.165, 1.54) is 17.0 Å². The zero-order chi connectivity index (χ0) is 17.6. The second kappa shape index (κ2) is 5.69. The van der Waals surface area contributed by atoms with Gasteiger partial charge < -0.3 is 9.64 Å². The lowest BCUT2D eigenvalue weighted by Gasteiger charge is -2.41. The molecule has 2 aliphatic rings. The van der Waals surface area contributed by atoms with Crippen molar-refractivity contribution in [3.8, 4) is 11.3 Å². The third kappa shape index (κ3) is 2.63. The molecule has 0 radical (unpaired) electrons. The highest BCUT2D eigenvalue weighted by molar-refractivity contribution is 5.99. The maximum absolute atomic E-state index is 13.0. The molecule has 1 aromatic carbocycles. The summed E-state index contributed by atoms with van der Waals surface area (Å²) in [5.41, 5.74) is 1.50. The van der Waals surface area contributed by atoms with E-state index in [4.69, 9.17) is 0 Å². The Balaban J connectivity index is 1.42. The van der Waals surface area contributed by atoms with Crippen molar-refractivity contribution in [2.75, 3.05) is 19.7 Å². The number of carbonyl (C=O) groups excluding carboxylic acids is 3. The number of amides is 3. The Morgan fingerprint density at radius 1 is 1.24 bits per heavy atom. The number of nitrogens with zero attached hydrogens (tertiary/aromatic N) is 3. The first kappa shape index (κ1) is 15.3. The van der Waals surface area contributed by atoms with Crippen LogP contribution in [0.4, 0.5) is 9.18 Å². The van der Waals surface area contributed by atoms with Gasteiger partial charge in [-0.25, -0.2) is 14.1 Å². The number of benzene rings is 1. The first-order valence-electron chi connectivity index (χ1n) is 7.62. The summed E-state index contributed by atoms with van der Waals surface area (Å²) in [6.07, 6.45) is -0.665. The summed E-state index contributed by atoms with van der Waals surface area (Å²) in [4.78, 5) is 38.1. The van der Waals surface area contributed by atoms with E-state index in [2.05, 4.69) is 14.9 Å². The number of carbonyl (C=O) groups is 3. The molecule has 2 aromatic rings. The first-order valence-corrected chi connectivity index (χ1v) is 7.62. The third-order valence-electron chi connectivity index (χ3n) is 4.25. The van der Waals surface area contributed by atoms with Gasteiger partial charge in [0.25, 0.3) is 11.8 Å². The van der Waals surface area contributed by atoms with E-state index in [9.17, 15) is 18.8 Å². The molecule has 0 saturated carbocycles. The zero-order valence-electron chi connectivity index (χ0n) is 12.9. The molecule has 2 saturated heterocycles. The zero-order valence-corrected chi connectivity index (χ0v) is 12.9. The molecule has 0 aliphatic carbocycles. The lowest BCUT2D eigenvalue weighted by molar-refractivity contribution is -0.129. The number of H-pyrrole nitrogens is 1. The van der Waals surface area contributed by atoms with Crippen LogP contribution in [0.1, 0.15) is 10.5 Å². The lowest BCUT2D eigenvalue weighted by Crippen LogP contribution is -2.62. The number of rotatable bonds is 3. The molecule has 1 aromatic heterocycles. The van der Waals surface area contributed by atoms with Crippen LogP contribution in [0.5, 0.6) is 0 Å². The van der Waals surface area contributed by atoms with Gasteiger partial charge in [0.05, 0.1) is 11.7 Å². The summed E-state index contributed by atoms with van der Waals surface area (Å²) in [5, 5.41) is 6.73. The number of imide groups is 1. The molecular formula is C16H13FN4O4. The maximum Gasteiger partial charge on any atom is 0.417 e. The van der Waals surface area contributed by atoms with E-state index in [0.29, 0.717) is 11.3 Å². The molecule has 3 amide bonds. The number of likely N-dealkylation sites (tertiary alicyclic amines) is 1. The van der Waals surface area contributed by atoms with Crippen LogP contribution in [0.25, 0.3) is 11.3 Å². The van der Waals surface area contributed by atoms with Crippen molar-refractivity contribution < 1.29 is 23.5 Å². The van der Waals surface area contributed by atoms with Crippen LogP contribution in [0, 0.1) is 5.82 Å². The summed E-state index contributed by atoms with van der Waals surface area (Å²) >= 11 is 0. The SMILES string of the molecule is O=C(c1cc(-c2ccc(F)cc2)n[nH]1)N1CC(N2C(=O)COC2=O)C1. The highest BCUT2D eigenvalue weighted by Gasteiger charge is 2.44. The molecule has 25 heavy (non-hydrogen) atoms. The summed E-state index contributed by atoms with van der Waals surface area (Å²) in [7, 11) is 0. The lowest BCUT2D eigenvalue weighted by atomic mass is 10.1. The van der Waals surface area contributed by atoms with Gasteiger partial charge >= 0.3 is 6.09 Å². The van der Waals surface area contributed by atoms with E-state index in [1.807, 2.05) is 0 Å². The van der Waals surface area contributed by atoms with Crippen molar-refractivity contribution >= 4 is 17.9 Å². The van der Waals surface area contributed by atoms with Gasteiger partial charge in [-0.2, -0.15) is 5.10 Å². The van der Waals surface area contributed by atoms with Crippen molar-refractivity contribution in [2.45, 2.75) is 6.04 Å². The molecule has 4 rings (SSSR count). The summed E-state index contributed by atoms with van der Waals surface area (Å²) in [6, 6.07) is 7.01. The van der Waals surface area contributed by atoms with E-state index < -0.39 is 6.09 Å². The smallest absolute Gasteiger partial charge is 0.417 e. The normalized spacial score (nSPS) is 17.6. The van der Waals surface area contributed by atoms with E-state index in [0.717, 1.165) is 4.90 Å². The number of halogens is 1. The average Bonchev–Trinajstić information content (AvgIpc) is 3.16. The minimum atomic E-state index is -0.665. The van der Waals surface area contributed by atoms with Crippen molar-refractivity contribution in [2.24, 2.45) is 0 Å². The molecule has 1 N–H and O–H groups in total. The van der Waals surface area contributed by atoms with Crippen LogP contribution in [0.3, 0.4) is 0 Å². The fourth-order valence-corrected chi connectivity index (χ4v) is 2.87. The van der Waals surface area contributed by atoms with Crippen molar-refractivity contribution in [3.63, 3.8) is 0 Å². The molecule has 3 heterocycles. The molecule has 0 spiro atoms. The third-order valence-corrected chi connectivity index (χ3v) is 4.25. The largest absolute Gasteiger partial charge is 0.439 e. The van der Waals surface area contributed by atoms with Crippen LogP contribution in [0.2, 0.25) is 0 Å². The Bertz CT molecular complexity index is 841.